The number of anilines is 2. The van der Waals surface area contributed by atoms with Crippen molar-refractivity contribution in [3.05, 3.63) is 40.1 Å². The van der Waals surface area contributed by atoms with Crippen LogP contribution in [0.3, 0.4) is 0 Å². The Bertz CT molecular complexity index is 1130. The lowest BCUT2D eigenvalue weighted by Crippen LogP contribution is -2.49. The maximum absolute atomic E-state index is 13.1. The number of hydrogen-bond acceptors (Lipinski definition) is 9. The average molecular weight is 526 g/mol. The van der Waals surface area contributed by atoms with E-state index >= 15 is 0 Å². The van der Waals surface area contributed by atoms with Crippen molar-refractivity contribution in [2.24, 2.45) is 0 Å². The third-order valence-corrected chi connectivity index (χ3v) is 6.64. The van der Waals surface area contributed by atoms with Crippen LogP contribution in [0.15, 0.2) is 23.4 Å². The molecule has 2 aromatic heterocycles. The van der Waals surface area contributed by atoms with E-state index in [2.05, 4.69) is 20.4 Å². The van der Waals surface area contributed by atoms with Gasteiger partial charge in [-0.25, -0.2) is 15.1 Å². The molecule has 2 fully saturated rings. The molecule has 0 bridgehead atoms. The Labute approximate surface area is 211 Å². The molecule has 1 saturated heterocycles. The van der Waals surface area contributed by atoms with Crippen LogP contribution < -0.4 is 15.8 Å². The van der Waals surface area contributed by atoms with Gasteiger partial charge in [-0.3, -0.25) is 9.59 Å². The van der Waals surface area contributed by atoms with Crippen molar-refractivity contribution in [1.29, 1.82) is 0 Å². The molecule has 1 amide bonds. The number of aromatic nitrogens is 4. The number of ether oxygens (including phenoxy) is 1. The molecule has 1 aliphatic heterocycles. The zero-order chi connectivity index (χ0) is 26.6. The van der Waals surface area contributed by atoms with Gasteiger partial charge >= 0.3 is 6.18 Å². The van der Waals surface area contributed by atoms with Gasteiger partial charge in [-0.05, 0) is 26.2 Å². The molecule has 202 valence electrons. The van der Waals surface area contributed by atoms with Crippen molar-refractivity contribution in [3.63, 3.8) is 0 Å². The van der Waals surface area contributed by atoms with Crippen LogP contribution in [0, 0.1) is 0 Å². The predicted molar refractivity (Wildman–Crippen MR) is 127 cm³/mol. The Hall–Kier alpha value is -3.26. The number of aliphatic hydroxyl groups is 1. The van der Waals surface area contributed by atoms with Gasteiger partial charge in [-0.2, -0.15) is 18.3 Å². The van der Waals surface area contributed by atoms with Crippen LogP contribution in [0.2, 0.25) is 0 Å². The molecule has 1 saturated carbocycles. The largest absolute Gasteiger partial charge is 0.423 e. The average Bonchev–Trinajstić information content (AvgIpc) is 2.84. The number of nitrogens with one attached hydrogen (secondary N) is 2. The lowest BCUT2D eigenvalue weighted by Gasteiger charge is -2.37. The number of H-pyrrole nitrogens is 1. The quantitative estimate of drug-likeness (QED) is 0.416. The summed E-state index contributed by atoms with van der Waals surface area (Å²) in [5.41, 5.74) is -3.17. The molecule has 11 nitrogen and oxygen atoms in total. The molecule has 2 aliphatic rings. The molecule has 1 atom stereocenters. The minimum Gasteiger partial charge on any atom is -0.385 e. The maximum atomic E-state index is 13.1. The van der Waals surface area contributed by atoms with E-state index in [-0.39, 0.29) is 25.5 Å². The summed E-state index contributed by atoms with van der Waals surface area (Å²) in [6, 6.07) is -0.556. The van der Waals surface area contributed by atoms with Crippen molar-refractivity contribution in [3.8, 4) is 0 Å². The Morgan fingerprint density at radius 2 is 1.89 bits per heavy atom. The van der Waals surface area contributed by atoms with E-state index in [9.17, 15) is 27.9 Å². The van der Waals surface area contributed by atoms with Crippen LogP contribution in [-0.2, 0) is 21.3 Å². The highest BCUT2D eigenvalue weighted by atomic mass is 19.4. The van der Waals surface area contributed by atoms with Crippen LogP contribution >= 0.6 is 0 Å². The van der Waals surface area contributed by atoms with Crippen molar-refractivity contribution < 1.29 is 27.8 Å². The van der Waals surface area contributed by atoms with Crippen LogP contribution in [-0.4, -0.2) is 81.5 Å². The fourth-order valence-electron chi connectivity index (χ4n) is 4.35. The number of aromatic amines is 1. The van der Waals surface area contributed by atoms with Crippen molar-refractivity contribution in [1.82, 2.24) is 25.1 Å². The van der Waals surface area contributed by atoms with Crippen LogP contribution in [0.5, 0.6) is 0 Å². The molecule has 2 aromatic rings. The lowest BCUT2D eigenvalue weighted by atomic mass is 9.76. The molecule has 4 rings (SSSR count). The Morgan fingerprint density at radius 1 is 1.22 bits per heavy atom. The second kappa shape index (κ2) is 11.0. The van der Waals surface area contributed by atoms with Crippen LogP contribution in [0.4, 0.5) is 24.8 Å². The molecule has 0 aromatic carbocycles. The fourth-order valence-corrected chi connectivity index (χ4v) is 4.35. The zero-order valence-corrected chi connectivity index (χ0v) is 20.4. The van der Waals surface area contributed by atoms with Gasteiger partial charge in [0.1, 0.15) is 5.56 Å². The van der Waals surface area contributed by atoms with Gasteiger partial charge in [0.2, 0.25) is 11.9 Å². The lowest BCUT2D eigenvalue weighted by molar-refractivity contribution is -0.138. The number of hydrogen-bond donors (Lipinski definition) is 3. The number of amides is 1. The first-order chi connectivity index (χ1) is 17.6. The highest BCUT2D eigenvalue weighted by molar-refractivity contribution is 5.76. The molecule has 37 heavy (non-hydrogen) atoms. The minimum absolute atomic E-state index is 0.0353. The number of carbonyl (C=O) groups excluding carboxylic acids is 1. The molecular formula is C23H30F3N7O4. The van der Waals surface area contributed by atoms with E-state index < -0.39 is 34.6 Å². The van der Waals surface area contributed by atoms with Crippen molar-refractivity contribution in [2.75, 3.05) is 49.6 Å². The Morgan fingerprint density at radius 3 is 2.49 bits per heavy atom. The van der Waals surface area contributed by atoms with E-state index in [4.69, 9.17) is 4.74 Å². The molecule has 0 spiro atoms. The number of piperazine rings is 1. The summed E-state index contributed by atoms with van der Waals surface area (Å²) < 4.78 is 44.9. The van der Waals surface area contributed by atoms with Crippen molar-refractivity contribution >= 4 is 17.5 Å². The molecule has 1 unspecified atom stereocenters. The van der Waals surface area contributed by atoms with E-state index in [1.54, 1.807) is 29.3 Å². The molecule has 3 N–H and O–H groups in total. The van der Waals surface area contributed by atoms with Gasteiger partial charge in [0.25, 0.3) is 5.56 Å². The predicted octanol–water partition coefficient (Wildman–Crippen LogP) is 1.51. The first-order valence-corrected chi connectivity index (χ1v) is 12.1. The second-order valence-corrected chi connectivity index (χ2v) is 9.38. The molecule has 0 radical (unpaired) electrons. The monoisotopic (exact) mass is 525 g/mol. The smallest absolute Gasteiger partial charge is 0.385 e. The normalized spacial score (nSPS) is 18.3. The fraction of sp³-hybridized carbons (Fsp3) is 0.609. The molecule has 14 heteroatoms. The summed E-state index contributed by atoms with van der Waals surface area (Å²) in [5.74, 6) is 0.481. The summed E-state index contributed by atoms with van der Waals surface area (Å²) in [4.78, 5) is 36.6. The zero-order valence-electron chi connectivity index (χ0n) is 20.4. The van der Waals surface area contributed by atoms with Crippen LogP contribution in [0.25, 0.3) is 0 Å². The SMILES string of the molecule is CC(COCCC(=O)N1CCN(c2ncc(C3(O)CCC3)cn2)CC1)Nc1cn[nH]c(=O)c1C(F)(F)F. The third kappa shape index (κ3) is 6.36. The Balaban J connectivity index is 1.17. The van der Waals surface area contributed by atoms with Gasteiger partial charge < -0.3 is 25.0 Å². The molecule has 3 heterocycles. The van der Waals surface area contributed by atoms with E-state index in [1.807, 2.05) is 4.90 Å². The van der Waals surface area contributed by atoms with E-state index in [0.717, 1.165) is 31.0 Å². The van der Waals surface area contributed by atoms with E-state index in [0.29, 0.717) is 32.1 Å². The number of rotatable bonds is 9. The number of alkyl halides is 3. The van der Waals surface area contributed by atoms with Gasteiger partial charge in [-0.1, -0.05) is 0 Å². The van der Waals surface area contributed by atoms with Gasteiger partial charge in [0.05, 0.1) is 37.1 Å². The van der Waals surface area contributed by atoms with Crippen LogP contribution in [0.1, 0.15) is 43.7 Å². The van der Waals surface area contributed by atoms with Gasteiger partial charge in [0, 0.05) is 50.2 Å². The summed E-state index contributed by atoms with van der Waals surface area (Å²) in [6.45, 7) is 3.89. The topological polar surface area (TPSA) is 137 Å². The van der Waals surface area contributed by atoms with Gasteiger partial charge in [-0.15, -0.1) is 0 Å². The summed E-state index contributed by atoms with van der Waals surface area (Å²) in [6.07, 6.45) is 1.98. The van der Waals surface area contributed by atoms with Gasteiger partial charge in [0.15, 0.2) is 0 Å². The second-order valence-electron chi connectivity index (χ2n) is 9.38. The van der Waals surface area contributed by atoms with E-state index in [1.165, 1.54) is 0 Å². The highest BCUT2D eigenvalue weighted by Gasteiger charge is 2.38. The first-order valence-electron chi connectivity index (χ1n) is 12.1. The summed E-state index contributed by atoms with van der Waals surface area (Å²) in [5, 5.41) is 18.2. The highest BCUT2D eigenvalue weighted by Crippen LogP contribution is 2.40. The number of carbonyl (C=O) groups is 1. The molecular weight excluding hydrogens is 495 g/mol. The molecule has 1 aliphatic carbocycles. The third-order valence-electron chi connectivity index (χ3n) is 6.64. The number of nitrogens with zero attached hydrogens (tertiary/aromatic N) is 5. The maximum Gasteiger partial charge on any atom is 0.423 e. The number of halogens is 3. The Kier molecular flexibility index (Phi) is 7.97. The first kappa shape index (κ1) is 26.8. The standard InChI is InChI=1S/C23H30F3N7O4/c1-15(30-17-13-29-31-20(35)19(17)23(24,25)26)14-37-10-3-18(34)32-6-8-33(9-7-32)21-27-11-16(12-28-21)22(36)4-2-5-22/h11-13,15,36H,2-10,14H2,1H3,(H2,30,31,35). The summed E-state index contributed by atoms with van der Waals surface area (Å²) in [7, 11) is 0. The minimum atomic E-state index is -4.83. The summed E-state index contributed by atoms with van der Waals surface area (Å²) >= 11 is 0. The van der Waals surface area contributed by atoms with Crippen molar-refractivity contribution in [2.45, 2.75) is 50.4 Å².